The van der Waals surface area contributed by atoms with Crippen LogP contribution in [0.4, 0.5) is 0 Å². The van der Waals surface area contributed by atoms with Crippen LogP contribution in [0.5, 0.6) is 0 Å². The Morgan fingerprint density at radius 1 is 1.47 bits per heavy atom. The van der Waals surface area contributed by atoms with Gasteiger partial charge < -0.3 is 4.90 Å². The van der Waals surface area contributed by atoms with Gasteiger partial charge in [-0.1, -0.05) is 39.7 Å². The summed E-state index contributed by atoms with van der Waals surface area (Å²) in [5.41, 5.74) is 2.00. The molecule has 0 aliphatic carbocycles. The molecular weight excluding hydrogens is 302 g/mol. The van der Waals surface area contributed by atoms with Crippen LogP contribution in [0.15, 0.2) is 28.7 Å². The molecule has 0 saturated heterocycles. The van der Waals surface area contributed by atoms with Crippen molar-refractivity contribution in [2.75, 3.05) is 6.54 Å². The van der Waals surface area contributed by atoms with Gasteiger partial charge in [0, 0.05) is 33.7 Å². The minimum atomic E-state index is 0.187. The van der Waals surface area contributed by atoms with Gasteiger partial charge in [0.25, 0.3) is 0 Å². The molecule has 90 valence electrons. The van der Waals surface area contributed by atoms with Crippen molar-refractivity contribution in [3.63, 3.8) is 0 Å². The Bertz CT molecular complexity index is 484. The predicted molar refractivity (Wildman–Crippen MR) is 73.8 cm³/mol. The van der Waals surface area contributed by atoms with E-state index in [1.165, 1.54) is 0 Å². The molecule has 1 aliphatic heterocycles. The van der Waals surface area contributed by atoms with Crippen LogP contribution in [0.25, 0.3) is 5.70 Å². The zero-order valence-electron chi connectivity index (χ0n) is 9.54. The molecule has 17 heavy (non-hydrogen) atoms. The van der Waals surface area contributed by atoms with Crippen LogP contribution in [0, 0.1) is 0 Å². The van der Waals surface area contributed by atoms with Crippen molar-refractivity contribution < 1.29 is 4.79 Å². The number of benzene rings is 1. The van der Waals surface area contributed by atoms with Gasteiger partial charge in [-0.05, 0) is 25.5 Å². The highest BCUT2D eigenvalue weighted by Crippen LogP contribution is 2.32. The second-order valence-electron chi connectivity index (χ2n) is 3.89. The fourth-order valence-corrected chi connectivity index (χ4v) is 2.90. The molecule has 0 saturated carbocycles. The molecule has 0 atom stereocenters. The van der Waals surface area contributed by atoms with Crippen molar-refractivity contribution >= 4 is 39.1 Å². The molecule has 2 nitrogen and oxygen atoms in total. The Balaban J connectivity index is 2.44. The Morgan fingerprint density at radius 3 is 2.88 bits per heavy atom. The summed E-state index contributed by atoms with van der Waals surface area (Å²) in [7, 11) is 0. The Hall–Kier alpha value is -0.800. The van der Waals surface area contributed by atoms with Gasteiger partial charge in [-0.15, -0.1) is 0 Å². The molecule has 0 radical (unpaired) electrons. The van der Waals surface area contributed by atoms with Gasteiger partial charge in [-0.2, -0.15) is 0 Å². The first-order valence-electron chi connectivity index (χ1n) is 5.59. The predicted octanol–water partition coefficient (Wildman–Crippen LogP) is 4.09. The van der Waals surface area contributed by atoms with Gasteiger partial charge in [0.2, 0.25) is 5.91 Å². The van der Waals surface area contributed by atoms with Crippen LogP contribution >= 0.6 is 27.5 Å². The normalized spacial score (nSPS) is 16.1. The summed E-state index contributed by atoms with van der Waals surface area (Å²) in [6, 6.07) is 5.64. The largest absolute Gasteiger partial charge is 0.312 e. The highest BCUT2D eigenvalue weighted by molar-refractivity contribution is 9.10. The lowest BCUT2D eigenvalue weighted by atomic mass is 10.0. The molecule has 1 aromatic carbocycles. The molecule has 1 aliphatic rings. The van der Waals surface area contributed by atoms with E-state index >= 15 is 0 Å². The Kier molecular flexibility index (Phi) is 3.89. The summed E-state index contributed by atoms with van der Waals surface area (Å²) in [5.74, 6) is 0.187. The number of amides is 1. The van der Waals surface area contributed by atoms with Gasteiger partial charge in [0.15, 0.2) is 0 Å². The average molecular weight is 315 g/mol. The maximum absolute atomic E-state index is 11.8. The summed E-state index contributed by atoms with van der Waals surface area (Å²) >= 11 is 9.42. The summed E-state index contributed by atoms with van der Waals surface area (Å²) in [5, 5.41) is 0.686. The maximum Gasteiger partial charge on any atom is 0.227 e. The molecule has 1 heterocycles. The van der Waals surface area contributed by atoms with E-state index < -0.39 is 0 Å². The van der Waals surface area contributed by atoms with Gasteiger partial charge in [0.1, 0.15) is 0 Å². The average Bonchev–Trinajstić information content (AvgIpc) is 2.29. The minimum absolute atomic E-state index is 0.187. The number of halogens is 2. The fraction of sp³-hybridized carbons (Fsp3) is 0.308. The van der Waals surface area contributed by atoms with Crippen LogP contribution in [0.2, 0.25) is 5.02 Å². The number of nitrogens with zero attached hydrogens (tertiary/aromatic N) is 1. The van der Waals surface area contributed by atoms with E-state index in [4.69, 9.17) is 11.6 Å². The van der Waals surface area contributed by atoms with Crippen molar-refractivity contribution in [2.45, 2.75) is 19.8 Å². The molecule has 0 fully saturated rings. The first kappa shape index (κ1) is 12.7. The number of rotatable bonds is 2. The van der Waals surface area contributed by atoms with Gasteiger partial charge in [0.05, 0.1) is 0 Å². The van der Waals surface area contributed by atoms with Gasteiger partial charge in [-0.25, -0.2) is 0 Å². The standard InChI is InChI=1S/C13H13BrClNO/c1-2-16-12(4-3-5-13(16)17)10-7-6-9(15)8-11(10)14/h4,6-8H,2-3,5H2,1H3. The van der Waals surface area contributed by atoms with Crippen LogP contribution in [0.1, 0.15) is 25.3 Å². The van der Waals surface area contributed by atoms with E-state index in [9.17, 15) is 4.79 Å². The van der Waals surface area contributed by atoms with Gasteiger partial charge in [-0.3, -0.25) is 4.79 Å². The van der Waals surface area contributed by atoms with E-state index in [0.29, 0.717) is 18.0 Å². The molecule has 0 N–H and O–H groups in total. The molecule has 1 aromatic rings. The summed E-state index contributed by atoms with van der Waals surface area (Å²) in [4.78, 5) is 13.6. The number of allylic oxidation sites excluding steroid dienone is 1. The van der Waals surface area contributed by atoms with Crippen LogP contribution in [-0.4, -0.2) is 17.4 Å². The molecular formula is C13H13BrClNO. The van der Waals surface area contributed by atoms with Crippen LogP contribution in [-0.2, 0) is 4.79 Å². The monoisotopic (exact) mass is 313 g/mol. The molecule has 2 rings (SSSR count). The van der Waals surface area contributed by atoms with Gasteiger partial charge >= 0.3 is 0 Å². The van der Waals surface area contributed by atoms with Crippen LogP contribution in [0.3, 0.4) is 0 Å². The van der Waals surface area contributed by atoms with Crippen molar-refractivity contribution in [1.82, 2.24) is 4.90 Å². The first-order chi connectivity index (χ1) is 8.13. The van der Waals surface area contributed by atoms with Crippen molar-refractivity contribution in [3.8, 4) is 0 Å². The third kappa shape index (κ3) is 2.55. The maximum atomic E-state index is 11.8. The van der Waals surface area contributed by atoms with E-state index in [0.717, 1.165) is 22.2 Å². The molecule has 1 amide bonds. The summed E-state index contributed by atoms with van der Waals surface area (Å²) in [6.45, 7) is 2.68. The second-order valence-corrected chi connectivity index (χ2v) is 5.18. The quantitative estimate of drug-likeness (QED) is 0.805. The SMILES string of the molecule is CCN1C(=O)CCC=C1c1ccc(Cl)cc1Br. The lowest BCUT2D eigenvalue weighted by Gasteiger charge is -2.28. The highest BCUT2D eigenvalue weighted by Gasteiger charge is 2.22. The van der Waals surface area contributed by atoms with Crippen molar-refractivity contribution in [3.05, 3.63) is 39.3 Å². The lowest BCUT2D eigenvalue weighted by Crippen LogP contribution is -2.31. The van der Waals surface area contributed by atoms with Crippen molar-refractivity contribution in [2.24, 2.45) is 0 Å². The second kappa shape index (κ2) is 5.23. The summed E-state index contributed by atoms with van der Waals surface area (Å²) in [6.07, 6.45) is 3.52. The van der Waals surface area contributed by atoms with Crippen molar-refractivity contribution in [1.29, 1.82) is 0 Å². The van der Waals surface area contributed by atoms with Crippen LogP contribution < -0.4 is 0 Å². The number of hydrogen-bond acceptors (Lipinski definition) is 1. The lowest BCUT2D eigenvalue weighted by molar-refractivity contribution is -0.128. The highest BCUT2D eigenvalue weighted by atomic mass is 79.9. The topological polar surface area (TPSA) is 20.3 Å². The van der Waals surface area contributed by atoms with E-state index in [2.05, 4.69) is 22.0 Å². The molecule has 0 aromatic heterocycles. The molecule has 4 heteroatoms. The Labute approximate surface area is 114 Å². The minimum Gasteiger partial charge on any atom is -0.312 e. The molecule has 0 unspecified atom stereocenters. The van der Waals surface area contributed by atoms with E-state index in [1.807, 2.05) is 30.0 Å². The first-order valence-corrected chi connectivity index (χ1v) is 6.76. The third-order valence-corrected chi connectivity index (χ3v) is 3.70. The third-order valence-electron chi connectivity index (χ3n) is 2.81. The zero-order chi connectivity index (χ0) is 12.4. The van der Waals surface area contributed by atoms with E-state index in [-0.39, 0.29) is 5.91 Å². The zero-order valence-corrected chi connectivity index (χ0v) is 11.9. The number of hydrogen-bond donors (Lipinski definition) is 0. The smallest absolute Gasteiger partial charge is 0.227 e. The molecule has 0 bridgehead atoms. The Morgan fingerprint density at radius 2 is 2.24 bits per heavy atom. The number of carbonyl (C=O) groups is 1. The molecule has 0 spiro atoms. The number of carbonyl (C=O) groups excluding carboxylic acids is 1. The fourth-order valence-electron chi connectivity index (χ4n) is 2.01. The summed E-state index contributed by atoms with van der Waals surface area (Å²) < 4.78 is 0.921. The van der Waals surface area contributed by atoms with E-state index in [1.54, 1.807) is 0 Å².